The molecule has 1 aromatic rings. The molecule has 0 bridgehead atoms. The van der Waals surface area contributed by atoms with Crippen molar-refractivity contribution in [2.75, 3.05) is 19.6 Å². The Balaban J connectivity index is 1.86. The molecule has 0 aromatic heterocycles. The molecule has 2 rings (SSSR count). The summed E-state index contributed by atoms with van der Waals surface area (Å²) in [6, 6.07) is 10.4. The molecule has 1 atom stereocenters. The molecule has 0 radical (unpaired) electrons. The Hall–Kier alpha value is -1.30. The van der Waals surface area contributed by atoms with Gasteiger partial charge in [-0.05, 0) is 18.6 Å². The normalized spacial score (nSPS) is 21.0. The maximum atomic E-state index is 5.82. The first kappa shape index (κ1) is 10.2. The summed E-state index contributed by atoms with van der Waals surface area (Å²) in [6.45, 7) is 2.91. The van der Waals surface area contributed by atoms with Crippen molar-refractivity contribution >= 4 is 0 Å². The van der Waals surface area contributed by atoms with Gasteiger partial charge >= 0.3 is 0 Å². The van der Waals surface area contributed by atoms with Crippen LogP contribution in [0.25, 0.3) is 0 Å². The summed E-state index contributed by atoms with van der Waals surface area (Å²) in [5, 5.41) is 0. The van der Waals surface area contributed by atoms with Crippen LogP contribution in [-0.4, -0.2) is 30.6 Å². The number of likely N-dealkylation sites (tertiary alicyclic amines) is 1. The van der Waals surface area contributed by atoms with Crippen molar-refractivity contribution in [1.82, 2.24) is 4.90 Å². The highest BCUT2D eigenvalue weighted by atomic mass is 15.2. The van der Waals surface area contributed by atoms with E-state index in [1.165, 1.54) is 0 Å². The van der Waals surface area contributed by atoms with E-state index in [-0.39, 0.29) is 0 Å². The highest BCUT2D eigenvalue weighted by molar-refractivity contribution is 5.33. The molecule has 0 spiro atoms. The molecular weight excluding hydrogens is 184 g/mol. The second kappa shape index (κ2) is 4.97. The molecule has 1 heterocycles. The average molecular weight is 200 g/mol. The molecule has 1 aliphatic rings. The Morgan fingerprint density at radius 2 is 2.13 bits per heavy atom. The van der Waals surface area contributed by atoms with Crippen LogP contribution in [0.4, 0.5) is 0 Å². The van der Waals surface area contributed by atoms with Gasteiger partial charge in [-0.25, -0.2) is 0 Å². The van der Waals surface area contributed by atoms with Crippen LogP contribution in [0.2, 0.25) is 0 Å². The van der Waals surface area contributed by atoms with Crippen molar-refractivity contribution in [3.8, 4) is 11.8 Å². The molecule has 78 valence electrons. The van der Waals surface area contributed by atoms with Crippen molar-refractivity contribution in [3.05, 3.63) is 35.9 Å². The van der Waals surface area contributed by atoms with E-state index in [1.807, 2.05) is 30.3 Å². The van der Waals surface area contributed by atoms with Gasteiger partial charge in [0, 0.05) is 24.7 Å². The zero-order valence-corrected chi connectivity index (χ0v) is 8.82. The van der Waals surface area contributed by atoms with Crippen LogP contribution in [-0.2, 0) is 0 Å². The Bertz CT molecular complexity index is 361. The zero-order valence-electron chi connectivity index (χ0n) is 8.82. The first-order valence-electron chi connectivity index (χ1n) is 5.36. The molecule has 0 unspecified atom stereocenters. The fourth-order valence-corrected chi connectivity index (χ4v) is 1.78. The molecule has 0 saturated carbocycles. The van der Waals surface area contributed by atoms with E-state index in [2.05, 4.69) is 16.7 Å². The Morgan fingerprint density at radius 3 is 2.80 bits per heavy atom. The molecule has 1 fully saturated rings. The van der Waals surface area contributed by atoms with Crippen molar-refractivity contribution < 1.29 is 0 Å². The number of benzene rings is 1. The topological polar surface area (TPSA) is 29.3 Å². The average Bonchev–Trinajstić information content (AvgIpc) is 2.66. The van der Waals surface area contributed by atoms with E-state index >= 15 is 0 Å². The zero-order chi connectivity index (χ0) is 10.5. The van der Waals surface area contributed by atoms with E-state index in [0.717, 1.165) is 31.6 Å². The molecule has 1 saturated heterocycles. The van der Waals surface area contributed by atoms with Gasteiger partial charge in [0.1, 0.15) is 0 Å². The second-order valence-corrected chi connectivity index (χ2v) is 3.95. The molecule has 1 aromatic carbocycles. The van der Waals surface area contributed by atoms with Crippen molar-refractivity contribution in [2.24, 2.45) is 5.73 Å². The third kappa shape index (κ3) is 3.09. The van der Waals surface area contributed by atoms with Gasteiger partial charge in [-0.1, -0.05) is 30.0 Å². The standard InChI is InChI=1S/C13H16N2/c14-13-8-10-15(11-13)9-4-7-12-5-2-1-3-6-12/h1-3,5-6,13H,8-11,14H2/t13-/m0/s1. The lowest BCUT2D eigenvalue weighted by Gasteiger charge is -2.09. The van der Waals surface area contributed by atoms with Crippen molar-refractivity contribution in [3.63, 3.8) is 0 Å². The molecular formula is C13H16N2. The number of nitrogens with two attached hydrogens (primary N) is 1. The maximum absolute atomic E-state index is 5.82. The predicted octanol–water partition coefficient (Wildman–Crippen LogP) is 1.07. The number of hydrogen-bond donors (Lipinski definition) is 1. The molecule has 2 nitrogen and oxygen atoms in total. The fraction of sp³-hybridized carbons (Fsp3) is 0.385. The van der Waals surface area contributed by atoms with Crippen LogP contribution in [0.5, 0.6) is 0 Å². The highest BCUT2D eigenvalue weighted by Gasteiger charge is 2.17. The molecule has 0 aliphatic carbocycles. The van der Waals surface area contributed by atoms with Crippen LogP contribution in [0, 0.1) is 11.8 Å². The van der Waals surface area contributed by atoms with Crippen LogP contribution in [0.1, 0.15) is 12.0 Å². The molecule has 15 heavy (non-hydrogen) atoms. The van der Waals surface area contributed by atoms with E-state index in [1.54, 1.807) is 0 Å². The highest BCUT2D eigenvalue weighted by Crippen LogP contribution is 2.05. The molecule has 2 N–H and O–H groups in total. The predicted molar refractivity (Wildman–Crippen MR) is 62.4 cm³/mol. The third-order valence-corrected chi connectivity index (χ3v) is 2.62. The lowest BCUT2D eigenvalue weighted by molar-refractivity contribution is 0.377. The number of hydrogen-bond acceptors (Lipinski definition) is 2. The van der Waals surface area contributed by atoms with Gasteiger partial charge in [0.15, 0.2) is 0 Å². The Morgan fingerprint density at radius 1 is 1.33 bits per heavy atom. The monoisotopic (exact) mass is 200 g/mol. The van der Waals surface area contributed by atoms with Crippen LogP contribution in [0.3, 0.4) is 0 Å². The maximum Gasteiger partial charge on any atom is 0.0605 e. The van der Waals surface area contributed by atoms with E-state index in [4.69, 9.17) is 5.73 Å². The summed E-state index contributed by atoms with van der Waals surface area (Å²) in [4.78, 5) is 2.31. The van der Waals surface area contributed by atoms with Gasteiger partial charge in [-0.15, -0.1) is 0 Å². The summed E-state index contributed by atoms with van der Waals surface area (Å²) >= 11 is 0. The van der Waals surface area contributed by atoms with E-state index in [9.17, 15) is 0 Å². The lowest BCUT2D eigenvalue weighted by Crippen LogP contribution is -2.26. The summed E-state index contributed by atoms with van der Waals surface area (Å²) in [5.74, 6) is 6.34. The van der Waals surface area contributed by atoms with Crippen LogP contribution in [0.15, 0.2) is 30.3 Å². The minimum absolute atomic E-state index is 0.350. The van der Waals surface area contributed by atoms with E-state index < -0.39 is 0 Å². The van der Waals surface area contributed by atoms with Crippen LogP contribution >= 0.6 is 0 Å². The van der Waals surface area contributed by atoms with Crippen molar-refractivity contribution in [1.29, 1.82) is 0 Å². The first-order chi connectivity index (χ1) is 7.34. The van der Waals surface area contributed by atoms with Gasteiger partial charge < -0.3 is 5.73 Å². The largest absolute Gasteiger partial charge is 0.326 e. The summed E-state index contributed by atoms with van der Waals surface area (Å²) in [5.41, 5.74) is 6.90. The number of nitrogens with zero attached hydrogens (tertiary/aromatic N) is 1. The van der Waals surface area contributed by atoms with Gasteiger partial charge in [0.2, 0.25) is 0 Å². The molecule has 2 heteroatoms. The lowest BCUT2D eigenvalue weighted by atomic mass is 10.2. The van der Waals surface area contributed by atoms with Gasteiger partial charge in [-0.3, -0.25) is 4.90 Å². The minimum Gasteiger partial charge on any atom is -0.326 e. The fourth-order valence-electron chi connectivity index (χ4n) is 1.78. The van der Waals surface area contributed by atoms with Crippen LogP contribution < -0.4 is 5.73 Å². The van der Waals surface area contributed by atoms with Gasteiger partial charge in [0.25, 0.3) is 0 Å². The quantitative estimate of drug-likeness (QED) is 0.687. The third-order valence-electron chi connectivity index (χ3n) is 2.62. The Kier molecular flexibility index (Phi) is 3.39. The second-order valence-electron chi connectivity index (χ2n) is 3.95. The Labute approximate surface area is 91.1 Å². The SMILES string of the molecule is N[C@H]1CCN(CC#Cc2ccccc2)C1. The minimum atomic E-state index is 0.350. The smallest absolute Gasteiger partial charge is 0.0605 e. The summed E-state index contributed by atoms with van der Waals surface area (Å²) in [7, 11) is 0. The van der Waals surface area contributed by atoms with Gasteiger partial charge in [0.05, 0.1) is 6.54 Å². The van der Waals surface area contributed by atoms with Gasteiger partial charge in [-0.2, -0.15) is 0 Å². The van der Waals surface area contributed by atoms with E-state index in [0.29, 0.717) is 6.04 Å². The molecule has 1 aliphatic heterocycles. The summed E-state index contributed by atoms with van der Waals surface area (Å²) in [6.07, 6.45) is 1.10. The first-order valence-corrected chi connectivity index (χ1v) is 5.36. The number of rotatable bonds is 1. The molecule has 0 amide bonds. The van der Waals surface area contributed by atoms with Crippen molar-refractivity contribution in [2.45, 2.75) is 12.5 Å². The summed E-state index contributed by atoms with van der Waals surface area (Å²) < 4.78 is 0.